The molecule has 2 fully saturated rings. The van der Waals surface area contributed by atoms with Gasteiger partial charge in [-0.2, -0.15) is 28.2 Å². The summed E-state index contributed by atoms with van der Waals surface area (Å²) in [6.07, 6.45) is -3.70. The number of hydrogen-bond acceptors (Lipinski definition) is 10. The van der Waals surface area contributed by atoms with Crippen LogP contribution in [-0.2, 0) is 9.53 Å². The van der Waals surface area contributed by atoms with Gasteiger partial charge in [0.1, 0.15) is 23.4 Å². The Morgan fingerprint density at radius 2 is 1.84 bits per heavy atom. The van der Waals surface area contributed by atoms with Crippen LogP contribution in [0.5, 0.6) is 11.6 Å². The molecule has 0 saturated carbocycles. The normalized spacial score (nSPS) is 17.9. The van der Waals surface area contributed by atoms with Gasteiger partial charge in [0.15, 0.2) is 0 Å². The van der Waals surface area contributed by atoms with E-state index in [1.807, 2.05) is 4.90 Å². The van der Waals surface area contributed by atoms with Crippen molar-refractivity contribution in [3.63, 3.8) is 0 Å². The zero-order valence-corrected chi connectivity index (χ0v) is 28.0. The van der Waals surface area contributed by atoms with Crippen LogP contribution in [0.1, 0.15) is 50.5 Å². The minimum atomic E-state index is -4.89. The fourth-order valence-electron chi connectivity index (χ4n) is 6.67. The van der Waals surface area contributed by atoms with Crippen LogP contribution in [-0.4, -0.2) is 70.8 Å². The second-order valence-corrected chi connectivity index (χ2v) is 12.6. The lowest BCUT2D eigenvalue weighted by atomic mass is 9.76. The van der Waals surface area contributed by atoms with E-state index in [1.54, 1.807) is 39.1 Å². The van der Waals surface area contributed by atoms with Gasteiger partial charge in [-0.05, 0) is 80.8 Å². The lowest BCUT2D eigenvalue weighted by molar-refractivity contribution is -0.198. The second-order valence-electron chi connectivity index (χ2n) is 12.6. The minimum absolute atomic E-state index is 0.0787. The van der Waals surface area contributed by atoms with E-state index < -0.39 is 18.1 Å². The van der Waals surface area contributed by atoms with E-state index in [9.17, 15) is 22.4 Å². The van der Waals surface area contributed by atoms with E-state index in [2.05, 4.69) is 20.4 Å². The molecule has 2 atom stereocenters. The van der Waals surface area contributed by atoms with E-state index in [4.69, 9.17) is 19.9 Å². The highest BCUT2D eigenvalue weighted by atomic mass is 19.4. The lowest BCUT2D eigenvalue weighted by Gasteiger charge is -2.39. The van der Waals surface area contributed by atoms with E-state index in [0.717, 1.165) is 12.8 Å². The van der Waals surface area contributed by atoms with Crippen LogP contribution in [0, 0.1) is 18.2 Å². The van der Waals surface area contributed by atoms with Gasteiger partial charge >= 0.3 is 12.1 Å². The molecule has 3 N–H and O–H groups in total. The number of alkyl halides is 3. The summed E-state index contributed by atoms with van der Waals surface area (Å²) in [5.74, 6) is -0.769. The van der Waals surface area contributed by atoms with Crippen LogP contribution in [0.2, 0.25) is 0 Å². The SMILES string of the molecule is CCOC(=O)[C@@H]1CC2(CCN(c3cc(O[C@H](c4ccc(-c5cc(F)cc(OCC)c5)cc4-n4ccc(C)n4)C(F)(F)F)nc(N)n3)CC2)CN1. The Hall–Kier alpha value is -4.92. The van der Waals surface area contributed by atoms with Gasteiger partial charge in [0, 0.05) is 43.5 Å². The quantitative estimate of drug-likeness (QED) is 0.152. The molecular formula is C35H39F4N7O4. The average Bonchev–Trinajstić information content (AvgIpc) is 3.69. The van der Waals surface area contributed by atoms with Gasteiger partial charge in [-0.3, -0.25) is 4.79 Å². The second kappa shape index (κ2) is 14.1. The van der Waals surface area contributed by atoms with Gasteiger partial charge < -0.3 is 30.2 Å². The van der Waals surface area contributed by atoms with Crippen LogP contribution < -0.4 is 25.4 Å². The summed E-state index contributed by atoms with van der Waals surface area (Å²) in [5, 5.41) is 7.64. The molecule has 50 heavy (non-hydrogen) atoms. The van der Waals surface area contributed by atoms with Gasteiger partial charge in [0.25, 0.3) is 0 Å². The van der Waals surface area contributed by atoms with Gasteiger partial charge in [-0.15, -0.1) is 0 Å². The molecule has 0 unspecified atom stereocenters. The van der Waals surface area contributed by atoms with Gasteiger partial charge in [0.05, 0.1) is 24.6 Å². The number of aromatic nitrogens is 4. The Bertz CT molecular complexity index is 1840. The summed E-state index contributed by atoms with van der Waals surface area (Å²) in [7, 11) is 0. The zero-order chi connectivity index (χ0) is 35.6. The number of halogens is 4. The molecule has 11 nitrogen and oxygen atoms in total. The molecule has 266 valence electrons. The summed E-state index contributed by atoms with van der Waals surface area (Å²) in [5.41, 5.74) is 7.19. The molecule has 2 aromatic carbocycles. The summed E-state index contributed by atoms with van der Waals surface area (Å²) in [6.45, 7) is 7.64. The zero-order valence-electron chi connectivity index (χ0n) is 28.0. The number of nitrogen functional groups attached to an aromatic ring is 1. The number of nitrogens with two attached hydrogens (primary N) is 1. The number of anilines is 2. The number of piperidine rings is 1. The van der Waals surface area contributed by atoms with Crippen molar-refractivity contribution in [2.75, 3.05) is 43.5 Å². The standard InChI is InChI=1S/C35H39F4N7O4/c1-4-48-25-15-23(14-24(36)17-25)22-6-7-26(28(16-22)46-11-8-21(3)44-46)31(35(37,38)39)50-30-18-29(42-33(40)43-30)45-12-9-34(10-13-45)19-27(41-20-34)32(47)49-5-2/h6-8,11,14-18,27,31,41H,4-5,9-10,12-13,19-20H2,1-3H3,(H2,40,42,43)/t27-,31+/m0/s1. The monoisotopic (exact) mass is 697 g/mol. The molecule has 15 heteroatoms. The number of carbonyl (C=O) groups excluding carboxylic acids is 1. The number of hydrogen-bond donors (Lipinski definition) is 2. The van der Waals surface area contributed by atoms with E-state index in [1.165, 1.54) is 41.1 Å². The maximum atomic E-state index is 14.9. The summed E-state index contributed by atoms with van der Waals surface area (Å²) < 4.78 is 76.9. The Morgan fingerprint density at radius 3 is 2.52 bits per heavy atom. The highest BCUT2D eigenvalue weighted by Crippen LogP contribution is 2.43. The molecule has 4 aromatic rings. The van der Waals surface area contributed by atoms with Gasteiger partial charge in [-0.25, -0.2) is 9.07 Å². The number of ether oxygens (including phenoxy) is 3. The molecule has 2 saturated heterocycles. The molecule has 2 aromatic heterocycles. The van der Waals surface area contributed by atoms with Crippen LogP contribution in [0.4, 0.5) is 29.3 Å². The maximum Gasteiger partial charge on any atom is 0.429 e. The average molecular weight is 698 g/mol. The first-order valence-electron chi connectivity index (χ1n) is 16.5. The van der Waals surface area contributed by atoms with Crippen molar-refractivity contribution in [3.8, 4) is 28.4 Å². The molecule has 1 spiro atoms. The molecule has 4 heterocycles. The highest BCUT2D eigenvalue weighted by Gasteiger charge is 2.46. The Labute approximate surface area is 286 Å². The largest absolute Gasteiger partial charge is 0.494 e. The molecule has 0 amide bonds. The third-order valence-electron chi connectivity index (χ3n) is 9.12. The summed E-state index contributed by atoms with van der Waals surface area (Å²) in [6, 6.07) is 11.1. The first-order valence-corrected chi connectivity index (χ1v) is 16.5. The first kappa shape index (κ1) is 34.9. The third-order valence-corrected chi connectivity index (χ3v) is 9.12. The molecular weight excluding hydrogens is 658 g/mol. The number of rotatable bonds is 10. The van der Waals surface area contributed by atoms with Crippen molar-refractivity contribution in [2.24, 2.45) is 5.41 Å². The van der Waals surface area contributed by atoms with Gasteiger partial charge in [0.2, 0.25) is 17.9 Å². The van der Waals surface area contributed by atoms with E-state index in [0.29, 0.717) is 67.7 Å². The number of nitrogens with zero attached hydrogens (tertiary/aromatic N) is 5. The molecule has 2 aliphatic heterocycles. The molecule has 0 bridgehead atoms. The Morgan fingerprint density at radius 1 is 1.06 bits per heavy atom. The van der Waals surface area contributed by atoms with E-state index in [-0.39, 0.29) is 40.5 Å². The molecule has 0 aliphatic carbocycles. The first-order chi connectivity index (χ1) is 23.9. The van der Waals surface area contributed by atoms with Crippen LogP contribution >= 0.6 is 0 Å². The fourth-order valence-corrected chi connectivity index (χ4v) is 6.67. The number of carbonyl (C=O) groups is 1. The minimum Gasteiger partial charge on any atom is -0.494 e. The molecule has 6 rings (SSSR count). The number of esters is 1. The summed E-state index contributed by atoms with van der Waals surface area (Å²) in [4.78, 5) is 22.5. The number of nitrogens with one attached hydrogen (secondary N) is 1. The van der Waals surface area contributed by atoms with Crippen LogP contribution in [0.3, 0.4) is 0 Å². The van der Waals surface area contributed by atoms with Crippen molar-refractivity contribution in [1.29, 1.82) is 0 Å². The highest BCUT2D eigenvalue weighted by molar-refractivity contribution is 5.76. The Balaban J connectivity index is 1.29. The van der Waals surface area contributed by atoms with Crippen molar-refractivity contribution in [2.45, 2.75) is 58.4 Å². The van der Waals surface area contributed by atoms with Crippen LogP contribution in [0.15, 0.2) is 54.7 Å². The maximum absolute atomic E-state index is 14.9. The van der Waals surface area contributed by atoms with E-state index >= 15 is 0 Å². The third kappa shape index (κ3) is 7.62. The van der Waals surface area contributed by atoms with Crippen molar-refractivity contribution < 1.29 is 36.6 Å². The number of benzene rings is 2. The smallest absolute Gasteiger partial charge is 0.429 e. The van der Waals surface area contributed by atoms with Crippen molar-refractivity contribution in [1.82, 2.24) is 25.1 Å². The lowest BCUT2D eigenvalue weighted by Crippen LogP contribution is -2.41. The number of aryl methyl sites for hydroxylation is 1. The van der Waals surface area contributed by atoms with Gasteiger partial charge in [-0.1, -0.05) is 12.1 Å². The Kier molecular flexibility index (Phi) is 9.87. The predicted octanol–water partition coefficient (Wildman–Crippen LogP) is 5.95. The van der Waals surface area contributed by atoms with Crippen molar-refractivity contribution in [3.05, 3.63) is 71.8 Å². The molecule has 0 radical (unpaired) electrons. The molecule has 2 aliphatic rings. The van der Waals surface area contributed by atoms with Crippen LogP contribution in [0.25, 0.3) is 16.8 Å². The topological polar surface area (TPSA) is 130 Å². The van der Waals surface area contributed by atoms with Crippen molar-refractivity contribution >= 4 is 17.7 Å². The fraction of sp³-hybridized carbons (Fsp3) is 0.429. The predicted molar refractivity (Wildman–Crippen MR) is 178 cm³/mol. The summed E-state index contributed by atoms with van der Waals surface area (Å²) >= 11 is 0.